The molecule has 2 fully saturated rings. The van der Waals surface area contributed by atoms with E-state index in [1.807, 2.05) is 12.1 Å². The third-order valence-corrected chi connectivity index (χ3v) is 6.45. The third-order valence-electron chi connectivity index (χ3n) is 5.24. The lowest BCUT2D eigenvalue weighted by Crippen LogP contribution is -2.13. The monoisotopic (exact) mass is 290 g/mol. The highest BCUT2D eigenvalue weighted by Gasteiger charge is 2.40. The highest BCUT2D eigenvalue weighted by Crippen LogP contribution is 2.51. The number of aliphatic hydroxyl groups excluding tert-OH is 1. The summed E-state index contributed by atoms with van der Waals surface area (Å²) < 4.78 is 14.3. The van der Waals surface area contributed by atoms with Crippen LogP contribution in [0.2, 0.25) is 0 Å². The quantitative estimate of drug-likeness (QED) is 0.852. The molecule has 4 unspecified atom stereocenters. The van der Waals surface area contributed by atoms with Gasteiger partial charge in [-0.2, -0.15) is 0 Å². The molecule has 20 heavy (non-hydrogen) atoms. The summed E-state index contributed by atoms with van der Waals surface area (Å²) in [6.07, 6.45) is 5.96. The average Bonchev–Trinajstić information content (AvgIpc) is 3.11. The van der Waals surface area contributed by atoms with Crippen LogP contribution in [0.5, 0.6) is 0 Å². The first-order chi connectivity index (χ1) is 9.69. The van der Waals surface area contributed by atoms with E-state index in [2.05, 4.69) is 0 Å². The van der Waals surface area contributed by atoms with Crippen LogP contribution in [0.15, 0.2) is 24.3 Å². The summed E-state index contributed by atoms with van der Waals surface area (Å²) in [6.45, 7) is 0. The maximum absolute atomic E-state index is 13.2. The minimum absolute atomic E-state index is 0.204. The van der Waals surface area contributed by atoms with Crippen LogP contribution < -0.4 is 0 Å². The van der Waals surface area contributed by atoms with Gasteiger partial charge in [0, 0.05) is 9.58 Å². The molecule has 1 aromatic carbocycles. The molecule has 106 valence electrons. The summed E-state index contributed by atoms with van der Waals surface area (Å²) in [5.41, 5.74) is 0. The van der Waals surface area contributed by atoms with E-state index < -0.39 is 0 Å². The van der Waals surface area contributed by atoms with Crippen LogP contribution >= 0.6 is 11.3 Å². The van der Waals surface area contributed by atoms with Gasteiger partial charge in [0.15, 0.2) is 0 Å². The van der Waals surface area contributed by atoms with Crippen molar-refractivity contribution in [3.8, 4) is 0 Å². The smallest absolute Gasteiger partial charge is 0.123 e. The van der Waals surface area contributed by atoms with Crippen LogP contribution in [0.25, 0.3) is 10.1 Å². The number of benzene rings is 1. The molecule has 2 bridgehead atoms. The van der Waals surface area contributed by atoms with Crippen molar-refractivity contribution in [3.05, 3.63) is 35.0 Å². The second kappa shape index (κ2) is 4.81. The lowest BCUT2D eigenvalue weighted by Gasteiger charge is -2.23. The van der Waals surface area contributed by atoms with E-state index in [0.29, 0.717) is 5.92 Å². The standard InChI is InChI=1S/C17H19FOS/c18-14-3-4-16-13(7-14)9-17(20-16)15(19)8-12-6-10-1-2-11(12)5-10/h3-4,7,9-12,15,19H,1-2,5-6,8H2. The molecule has 1 N–H and O–H groups in total. The molecule has 0 radical (unpaired) electrons. The zero-order valence-electron chi connectivity index (χ0n) is 11.4. The fourth-order valence-corrected chi connectivity index (χ4v) is 5.31. The van der Waals surface area contributed by atoms with Gasteiger partial charge in [0.25, 0.3) is 0 Å². The first-order valence-electron chi connectivity index (χ1n) is 7.56. The van der Waals surface area contributed by atoms with Crippen molar-refractivity contribution in [1.82, 2.24) is 0 Å². The number of hydrogen-bond donors (Lipinski definition) is 1. The van der Waals surface area contributed by atoms with Gasteiger partial charge in [-0.3, -0.25) is 0 Å². The molecule has 4 atom stereocenters. The van der Waals surface area contributed by atoms with Crippen LogP contribution in [0.3, 0.4) is 0 Å². The van der Waals surface area contributed by atoms with Crippen LogP contribution in [0.1, 0.15) is 43.1 Å². The Labute approximate surface area is 122 Å². The zero-order valence-corrected chi connectivity index (χ0v) is 12.2. The van der Waals surface area contributed by atoms with Crippen molar-refractivity contribution in [3.63, 3.8) is 0 Å². The van der Waals surface area contributed by atoms with E-state index in [-0.39, 0.29) is 11.9 Å². The molecule has 1 aromatic heterocycles. The van der Waals surface area contributed by atoms with Crippen LogP contribution in [-0.2, 0) is 0 Å². The van der Waals surface area contributed by atoms with E-state index in [1.54, 1.807) is 17.4 Å². The van der Waals surface area contributed by atoms with Crippen LogP contribution in [-0.4, -0.2) is 5.11 Å². The third kappa shape index (κ3) is 2.17. The van der Waals surface area contributed by atoms with Gasteiger partial charge >= 0.3 is 0 Å². The Morgan fingerprint density at radius 3 is 2.90 bits per heavy atom. The Balaban J connectivity index is 1.53. The maximum atomic E-state index is 13.2. The van der Waals surface area contributed by atoms with Crippen LogP contribution in [0, 0.1) is 23.6 Å². The molecule has 1 heterocycles. The first kappa shape index (κ1) is 12.8. The normalized spacial score (nSPS) is 30.2. The molecule has 2 aliphatic carbocycles. The van der Waals surface area contributed by atoms with E-state index in [1.165, 1.54) is 31.7 Å². The number of thiophene rings is 1. The lowest BCUT2D eigenvalue weighted by molar-refractivity contribution is 0.128. The van der Waals surface area contributed by atoms with E-state index in [9.17, 15) is 9.50 Å². The van der Waals surface area contributed by atoms with Crippen molar-refractivity contribution in [1.29, 1.82) is 0 Å². The van der Waals surface area contributed by atoms with Crippen molar-refractivity contribution in [2.45, 2.75) is 38.2 Å². The fraction of sp³-hybridized carbons (Fsp3) is 0.529. The molecule has 0 spiro atoms. The molecule has 0 amide bonds. The summed E-state index contributed by atoms with van der Waals surface area (Å²) in [4.78, 5) is 0.994. The van der Waals surface area contributed by atoms with Crippen molar-refractivity contribution >= 4 is 21.4 Å². The molecule has 1 nitrogen and oxygen atoms in total. The fourth-order valence-electron chi connectivity index (χ4n) is 4.27. The summed E-state index contributed by atoms with van der Waals surface area (Å²) in [7, 11) is 0. The second-order valence-electron chi connectivity index (χ2n) is 6.52. The molecule has 3 heteroatoms. The summed E-state index contributed by atoms with van der Waals surface area (Å²) in [5, 5.41) is 11.4. The van der Waals surface area contributed by atoms with Gasteiger partial charge in [0.05, 0.1) is 6.10 Å². The van der Waals surface area contributed by atoms with Crippen molar-refractivity contribution in [2.24, 2.45) is 17.8 Å². The van der Waals surface area contributed by atoms with Crippen molar-refractivity contribution < 1.29 is 9.50 Å². The predicted molar refractivity (Wildman–Crippen MR) is 80.3 cm³/mol. The Kier molecular flexibility index (Phi) is 3.08. The van der Waals surface area contributed by atoms with E-state index in [4.69, 9.17) is 0 Å². The number of fused-ring (bicyclic) bond motifs is 3. The molecular formula is C17H19FOS. The minimum Gasteiger partial charge on any atom is -0.388 e. The molecule has 0 aliphatic heterocycles. The number of hydrogen-bond acceptors (Lipinski definition) is 2. The summed E-state index contributed by atoms with van der Waals surface area (Å²) in [5.74, 6) is 2.27. The molecule has 2 saturated carbocycles. The van der Waals surface area contributed by atoms with Crippen LogP contribution in [0.4, 0.5) is 4.39 Å². The highest BCUT2D eigenvalue weighted by atomic mass is 32.1. The van der Waals surface area contributed by atoms with Gasteiger partial charge in [0.2, 0.25) is 0 Å². The Hall–Kier alpha value is -0.930. The van der Waals surface area contributed by atoms with Gasteiger partial charge in [-0.1, -0.05) is 6.42 Å². The van der Waals surface area contributed by atoms with Gasteiger partial charge in [0.1, 0.15) is 5.82 Å². The van der Waals surface area contributed by atoms with Gasteiger partial charge in [-0.05, 0) is 73.1 Å². The predicted octanol–water partition coefficient (Wildman–Crippen LogP) is 4.90. The molecule has 2 aliphatic rings. The maximum Gasteiger partial charge on any atom is 0.123 e. The second-order valence-corrected chi connectivity index (χ2v) is 7.63. The SMILES string of the molecule is OC(CC1CC2CCC1C2)c1cc2cc(F)ccc2s1. The number of halogens is 1. The minimum atomic E-state index is -0.375. The molecule has 4 rings (SSSR count). The Bertz CT molecular complexity index is 635. The number of aliphatic hydroxyl groups is 1. The van der Waals surface area contributed by atoms with Crippen molar-refractivity contribution in [2.75, 3.05) is 0 Å². The largest absolute Gasteiger partial charge is 0.388 e. The Morgan fingerprint density at radius 2 is 2.15 bits per heavy atom. The zero-order chi connectivity index (χ0) is 13.7. The van der Waals surface area contributed by atoms with Gasteiger partial charge in [-0.25, -0.2) is 4.39 Å². The molecule has 0 saturated heterocycles. The molecular weight excluding hydrogens is 271 g/mol. The molecule has 2 aromatic rings. The van der Waals surface area contributed by atoms with E-state index in [0.717, 1.165) is 33.2 Å². The van der Waals surface area contributed by atoms with Gasteiger partial charge in [-0.15, -0.1) is 11.3 Å². The van der Waals surface area contributed by atoms with E-state index >= 15 is 0 Å². The number of rotatable bonds is 3. The lowest BCUT2D eigenvalue weighted by atomic mass is 9.84. The topological polar surface area (TPSA) is 20.2 Å². The highest BCUT2D eigenvalue weighted by molar-refractivity contribution is 7.19. The van der Waals surface area contributed by atoms with Gasteiger partial charge < -0.3 is 5.11 Å². The summed E-state index contributed by atoms with van der Waals surface area (Å²) in [6, 6.07) is 6.81. The Morgan fingerprint density at radius 1 is 1.25 bits per heavy atom. The summed E-state index contributed by atoms with van der Waals surface area (Å²) >= 11 is 1.60. The average molecular weight is 290 g/mol. The first-order valence-corrected chi connectivity index (χ1v) is 8.38.